The quantitative estimate of drug-likeness (QED) is 0.258. The van der Waals surface area contributed by atoms with Crippen molar-refractivity contribution in [3.8, 4) is 5.75 Å². The van der Waals surface area contributed by atoms with Crippen LogP contribution in [0.1, 0.15) is 12.0 Å². The second-order valence-electron chi connectivity index (χ2n) is 5.81. The number of rotatable bonds is 10. The van der Waals surface area contributed by atoms with Crippen molar-refractivity contribution in [2.45, 2.75) is 12.8 Å². The van der Waals surface area contributed by atoms with E-state index in [0.717, 1.165) is 7.11 Å². The van der Waals surface area contributed by atoms with Crippen LogP contribution in [-0.4, -0.2) is 14.2 Å². The Morgan fingerprint density at radius 1 is 0.964 bits per heavy atom. The van der Waals surface area contributed by atoms with E-state index < -0.39 is 29.0 Å². The molecule has 0 aliphatic carbocycles. The largest absolute Gasteiger partial charge is 0.494 e. The third-order valence-corrected chi connectivity index (χ3v) is 3.92. The second kappa shape index (κ2) is 10.3. The molecule has 28 heavy (non-hydrogen) atoms. The van der Waals surface area contributed by atoms with E-state index in [2.05, 4.69) is 31.1 Å². The van der Waals surface area contributed by atoms with Crippen molar-refractivity contribution in [3.63, 3.8) is 0 Å². The summed E-state index contributed by atoms with van der Waals surface area (Å²) < 4.78 is 64.6. The van der Waals surface area contributed by atoms with E-state index in [9.17, 15) is 17.6 Å². The summed E-state index contributed by atoms with van der Waals surface area (Å²) in [6.45, 7) is 14.1. The molecule has 2 nitrogen and oxygen atoms in total. The normalized spacial score (nSPS) is 11.8. The standard InChI is InChI=1S/C22H22F4O2/c1-13(8-10-17-11-12-18(28-6)22(26)21(17)25)7-9-14(2)15(3)19(23)20(24)16(4)27-5/h7,9,11-12H,1-4,8,10H2,5-6H3/b9-7-,20-19-. The van der Waals surface area contributed by atoms with Crippen LogP contribution in [0.15, 0.2) is 84.7 Å². The summed E-state index contributed by atoms with van der Waals surface area (Å²) in [5, 5.41) is 0. The lowest BCUT2D eigenvalue weighted by Gasteiger charge is -2.08. The van der Waals surface area contributed by atoms with Gasteiger partial charge in [-0.1, -0.05) is 50.1 Å². The Morgan fingerprint density at radius 2 is 1.61 bits per heavy atom. The van der Waals surface area contributed by atoms with Crippen LogP contribution in [0.4, 0.5) is 17.6 Å². The first kappa shape index (κ1) is 23.0. The second-order valence-corrected chi connectivity index (χ2v) is 5.81. The molecule has 6 heteroatoms. The van der Waals surface area contributed by atoms with Gasteiger partial charge in [0.25, 0.3) is 0 Å². The monoisotopic (exact) mass is 394 g/mol. The van der Waals surface area contributed by atoms with E-state index in [4.69, 9.17) is 4.74 Å². The molecule has 0 aliphatic heterocycles. The molecule has 1 rings (SSSR count). The van der Waals surface area contributed by atoms with Gasteiger partial charge in [0.1, 0.15) is 5.76 Å². The van der Waals surface area contributed by atoms with Gasteiger partial charge >= 0.3 is 0 Å². The maximum atomic E-state index is 14.0. The van der Waals surface area contributed by atoms with Gasteiger partial charge in [-0.15, -0.1) is 0 Å². The van der Waals surface area contributed by atoms with Gasteiger partial charge in [0, 0.05) is 5.57 Å². The summed E-state index contributed by atoms with van der Waals surface area (Å²) in [6.07, 6.45) is 3.42. The molecule has 1 aromatic rings. The Labute approximate surface area is 162 Å². The van der Waals surface area contributed by atoms with Crippen LogP contribution < -0.4 is 4.74 Å². The molecule has 0 bridgehead atoms. The smallest absolute Gasteiger partial charge is 0.200 e. The third kappa shape index (κ3) is 5.74. The Bertz CT molecular complexity index is 864. The summed E-state index contributed by atoms with van der Waals surface area (Å²) in [7, 11) is 2.41. The van der Waals surface area contributed by atoms with Crippen molar-refractivity contribution in [2.75, 3.05) is 14.2 Å². The van der Waals surface area contributed by atoms with E-state index in [1.165, 1.54) is 31.4 Å². The Balaban J connectivity index is 2.74. The van der Waals surface area contributed by atoms with Gasteiger partial charge in [-0.25, -0.2) is 8.78 Å². The zero-order valence-corrected chi connectivity index (χ0v) is 15.9. The molecule has 0 atom stereocenters. The molecule has 0 heterocycles. The fourth-order valence-corrected chi connectivity index (χ4v) is 2.11. The van der Waals surface area contributed by atoms with Crippen molar-refractivity contribution in [1.29, 1.82) is 0 Å². The third-order valence-electron chi connectivity index (χ3n) is 3.92. The first-order valence-electron chi connectivity index (χ1n) is 8.17. The van der Waals surface area contributed by atoms with Gasteiger partial charge in [0.15, 0.2) is 17.4 Å². The van der Waals surface area contributed by atoms with Crippen LogP contribution in [0.2, 0.25) is 0 Å². The van der Waals surface area contributed by atoms with Crippen LogP contribution in [-0.2, 0) is 11.2 Å². The fourth-order valence-electron chi connectivity index (χ4n) is 2.11. The lowest BCUT2D eigenvalue weighted by molar-refractivity contribution is 0.281. The van der Waals surface area contributed by atoms with E-state index in [0.29, 0.717) is 12.0 Å². The van der Waals surface area contributed by atoms with E-state index in [-0.39, 0.29) is 28.9 Å². The van der Waals surface area contributed by atoms with Crippen molar-refractivity contribution < 1.29 is 27.0 Å². The number of hydrogen-bond acceptors (Lipinski definition) is 2. The van der Waals surface area contributed by atoms with Crippen LogP contribution in [0.5, 0.6) is 5.75 Å². The van der Waals surface area contributed by atoms with Crippen LogP contribution in [0.3, 0.4) is 0 Å². The number of halogens is 4. The maximum absolute atomic E-state index is 14.0. The van der Waals surface area contributed by atoms with Crippen molar-refractivity contribution in [2.24, 2.45) is 0 Å². The number of hydrogen-bond donors (Lipinski definition) is 0. The van der Waals surface area contributed by atoms with Gasteiger partial charge in [-0.05, 0) is 30.0 Å². The van der Waals surface area contributed by atoms with Crippen LogP contribution in [0.25, 0.3) is 0 Å². The zero-order valence-electron chi connectivity index (χ0n) is 15.9. The molecule has 0 saturated heterocycles. The number of methoxy groups -OCH3 is 2. The summed E-state index contributed by atoms with van der Waals surface area (Å²) in [4.78, 5) is 0. The van der Waals surface area contributed by atoms with Gasteiger partial charge in [0.2, 0.25) is 11.6 Å². The SMILES string of the molecule is C=C(/C=C\C(=C)C(=C)/C(F)=C(/F)C(=C)OC)CCc1ccc(OC)c(F)c1F. The van der Waals surface area contributed by atoms with E-state index in [1.54, 1.807) is 0 Å². The average Bonchev–Trinajstić information content (AvgIpc) is 2.70. The van der Waals surface area contributed by atoms with Gasteiger partial charge in [0.05, 0.1) is 14.2 Å². The van der Waals surface area contributed by atoms with Crippen LogP contribution in [0, 0.1) is 11.6 Å². The Hall–Kier alpha value is -3.02. The first-order valence-corrected chi connectivity index (χ1v) is 8.17. The molecule has 0 N–H and O–H groups in total. The Kier molecular flexibility index (Phi) is 8.51. The molecule has 0 aromatic heterocycles. The molecule has 1 aromatic carbocycles. The molecule has 150 valence electrons. The number of ether oxygens (including phenoxy) is 2. The predicted molar refractivity (Wildman–Crippen MR) is 103 cm³/mol. The summed E-state index contributed by atoms with van der Waals surface area (Å²) in [5.41, 5.74) is 0.559. The molecular weight excluding hydrogens is 372 g/mol. The van der Waals surface area contributed by atoms with Crippen molar-refractivity contribution in [1.82, 2.24) is 0 Å². The highest BCUT2D eigenvalue weighted by Crippen LogP contribution is 2.27. The minimum atomic E-state index is -1.27. The highest BCUT2D eigenvalue weighted by atomic mass is 19.2. The maximum Gasteiger partial charge on any atom is 0.200 e. The molecule has 0 fully saturated rings. The summed E-state index contributed by atoms with van der Waals surface area (Å²) in [6, 6.07) is 2.77. The predicted octanol–water partition coefficient (Wildman–Crippen LogP) is 6.44. The summed E-state index contributed by atoms with van der Waals surface area (Å²) in [5.74, 6) is -5.16. The molecule has 0 unspecified atom stereocenters. The minimum absolute atomic E-state index is 0.111. The van der Waals surface area contributed by atoms with Gasteiger partial charge in [-0.2, -0.15) is 8.78 Å². The molecule has 0 radical (unpaired) electrons. The number of allylic oxidation sites excluding steroid dienone is 7. The lowest BCUT2D eigenvalue weighted by Crippen LogP contribution is -1.98. The molecule has 0 aliphatic rings. The lowest BCUT2D eigenvalue weighted by atomic mass is 10.0. The molecule has 0 saturated carbocycles. The van der Waals surface area contributed by atoms with Crippen molar-refractivity contribution >= 4 is 0 Å². The number of benzene rings is 1. The number of aryl methyl sites for hydroxylation is 1. The van der Waals surface area contributed by atoms with E-state index >= 15 is 0 Å². The molecular formula is C22H22F4O2. The van der Waals surface area contributed by atoms with Gasteiger partial charge < -0.3 is 9.47 Å². The molecule has 0 amide bonds. The van der Waals surface area contributed by atoms with E-state index in [1.807, 2.05) is 0 Å². The highest BCUT2D eigenvalue weighted by molar-refractivity contribution is 5.49. The fraction of sp³-hybridized carbons (Fsp3) is 0.182. The van der Waals surface area contributed by atoms with Crippen LogP contribution >= 0.6 is 0 Å². The Morgan fingerprint density at radius 3 is 2.18 bits per heavy atom. The van der Waals surface area contributed by atoms with Gasteiger partial charge in [-0.3, -0.25) is 0 Å². The topological polar surface area (TPSA) is 18.5 Å². The highest BCUT2D eigenvalue weighted by Gasteiger charge is 2.15. The molecule has 0 spiro atoms. The zero-order chi connectivity index (χ0) is 21.4. The average molecular weight is 394 g/mol. The van der Waals surface area contributed by atoms with Crippen molar-refractivity contribution in [3.05, 3.63) is 102 Å². The minimum Gasteiger partial charge on any atom is -0.494 e. The first-order chi connectivity index (χ1) is 13.1. The summed E-state index contributed by atoms with van der Waals surface area (Å²) >= 11 is 0.